The Morgan fingerprint density at radius 2 is 2.00 bits per heavy atom. The minimum Gasteiger partial charge on any atom is -0.374 e. The summed E-state index contributed by atoms with van der Waals surface area (Å²) in [4.78, 5) is 0. The van der Waals surface area contributed by atoms with Gasteiger partial charge in [0, 0.05) is 12.6 Å². The molecule has 2 heteroatoms. The minimum absolute atomic E-state index is 0.0731. The molecule has 0 aromatic rings. The van der Waals surface area contributed by atoms with E-state index in [0.29, 0.717) is 6.04 Å². The molecule has 1 saturated carbocycles. The highest BCUT2D eigenvalue weighted by Gasteiger charge is 2.41. The number of hydrogen-bond acceptors (Lipinski definition) is 2. The molecule has 0 aromatic carbocycles. The molecule has 0 saturated heterocycles. The van der Waals surface area contributed by atoms with Crippen LogP contribution in [0.5, 0.6) is 0 Å². The fourth-order valence-electron chi connectivity index (χ4n) is 2.89. The van der Waals surface area contributed by atoms with Gasteiger partial charge in [0.2, 0.25) is 0 Å². The summed E-state index contributed by atoms with van der Waals surface area (Å²) in [5.74, 6) is 0. The van der Waals surface area contributed by atoms with Gasteiger partial charge in [0.15, 0.2) is 0 Å². The predicted molar refractivity (Wildman–Crippen MR) is 69.7 cm³/mol. The Kier molecular flexibility index (Phi) is 5.50. The van der Waals surface area contributed by atoms with E-state index in [1.807, 2.05) is 0 Å². The molecule has 1 fully saturated rings. The normalized spacial score (nSPS) is 20.9. The first-order valence-corrected chi connectivity index (χ1v) is 6.66. The molecule has 0 heterocycles. The SMILES string of the molecule is C=C(C)CC(NCC)C1(OCC)CCCC1. The summed E-state index contributed by atoms with van der Waals surface area (Å²) < 4.78 is 6.10. The van der Waals surface area contributed by atoms with Crippen LogP contribution < -0.4 is 5.32 Å². The second-order valence-electron chi connectivity index (χ2n) is 4.98. The zero-order valence-electron chi connectivity index (χ0n) is 11.1. The van der Waals surface area contributed by atoms with Gasteiger partial charge < -0.3 is 10.1 Å². The molecule has 1 aliphatic rings. The van der Waals surface area contributed by atoms with Crippen molar-refractivity contribution >= 4 is 0 Å². The van der Waals surface area contributed by atoms with Crippen molar-refractivity contribution < 1.29 is 4.74 Å². The summed E-state index contributed by atoms with van der Waals surface area (Å²) in [6, 6.07) is 0.442. The van der Waals surface area contributed by atoms with Crippen molar-refractivity contribution in [1.29, 1.82) is 0 Å². The molecule has 16 heavy (non-hydrogen) atoms. The van der Waals surface area contributed by atoms with E-state index in [-0.39, 0.29) is 5.60 Å². The smallest absolute Gasteiger partial charge is 0.0837 e. The van der Waals surface area contributed by atoms with Crippen molar-refractivity contribution in [2.75, 3.05) is 13.2 Å². The molecule has 1 unspecified atom stereocenters. The first-order chi connectivity index (χ1) is 7.64. The third-order valence-corrected chi connectivity index (χ3v) is 3.52. The maximum absolute atomic E-state index is 6.10. The van der Waals surface area contributed by atoms with E-state index in [2.05, 4.69) is 32.7 Å². The third kappa shape index (κ3) is 3.33. The van der Waals surface area contributed by atoms with Gasteiger partial charge in [-0.2, -0.15) is 0 Å². The zero-order valence-corrected chi connectivity index (χ0v) is 11.1. The molecule has 1 aliphatic carbocycles. The highest BCUT2D eigenvalue weighted by atomic mass is 16.5. The van der Waals surface area contributed by atoms with Crippen LogP contribution in [0.1, 0.15) is 52.9 Å². The average molecular weight is 225 g/mol. The first-order valence-electron chi connectivity index (χ1n) is 6.66. The van der Waals surface area contributed by atoms with Crippen LogP contribution in [-0.2, 0) is 4.74 Å². The van der Waals surface area contributed by atoms with Gasteiger partial charge in [-0.3, -0.25) is 0 Å². The highest BCUT2D eigenvalue weighted by molar-refractivity contribution is 5.04. The Hall–Kier alpha value is -0.340. The number of rotatable bonds is 7. The van der Waals surface area contributed by atoms with Gasteiger partial charge in [0.1, 0.15) is 0 Å². The lowest BCUT2D eigenvalue weighted by atomic mass is 9.87. The lowest BCUT2D eigenvalue weighted by Gasteiger charge is -2.38. The quantitative estimate of drug-likeness (QED) is 0.671. The van der Waals surface area contributed by atoms with Crippen LogP contribution in [0.25, 0.3) is 0 Å². The second kappa shape index (κ2) is 6.41. The molecule has 0 aliphatic heterocycles. The van der Waals surface area contributed by atoms with Crippen LogP contribution in [0.15, 0.2) is 12.2 Å². The van der Waals surface area contributed by atoms with Crippen LogP contribution in [-0.4, -0.2) is 24.8 Å². The molecule has 0 spiro atoms. The molecule has 1 atom stereocenters. The van der Waals surface area contributed by atoms with Crippen LogP contribution in [0, 0.1) is 0 Å². The molecule has 0 bridgehead atoms. The van der Waals surface area contributed by atoms with Gasteiger partial charge in [-0.05, 0) is 39.7 Å². The maximum Gasteiger partial charge on any atom is 0.0837 e. The van der Waals surface area contributed by atoms with Crippen molar-refractivity contribution in [2.45, 2.75) is 64.5 Å². The van der Waals surface area contributed by atoms with Gasteiger partial charge in [0.25, 0.3) is 0 Å². The Morgan fingerprint density at radius 1 is 1.38 bits per heavy atom. The summed E-state index contributed by atoms with van der Waals surface area (Å²) in [7, 11) is 0. The van der Waals surface area contributed by atoms with E-state index >= 15 is 0 Å². The monoisotopic (exact) mass is 225 g/mol. The molecule has 1 rings (SSSR count). The van der Waals surface area contributed by atoms with Crippen LogP contribution >= 0.6 is 0 Å². The van der Waals surface area contributed by atoms with E-state index in [9.17, 15) is 0 Å². The number of ether oxygens (including phenoxy) is 1. The third-order valence-electron chi connectivity index (χ3n) is 3.52. The van der Waals surface area contributed by atoms with Crippen molar-refractivity contribution in [3.63, 3.8) is 0 Å². The van der Waals surface area contributed by atoms with Gasteiger partial charge in [-0.1, -0.05) is 25.3 Å². The molecular weight excluding hydrogens is 198 g/mol. The fraction of sp³-hybridized carbons (Fsp3) is 0.857. The van der Waals surface area contributed by atoms with Crippen LogP contribution in [0.2, 0.25) is 0 Å². The van der Waals surface area contributed by atoms with Crippen molar-refractivity contribution in [3.8, 4) is 0 Å². The largest absolute Gasteiger partial charge is 0.374 e. The lowest BCUT2D eigenvalue weighted by Crippen LogP contribution is -2.51. The van der Waals surface area contributed by atoms with Gasteiger partial charge in [0.05, 0.1) is 5.60 Å². The first kappa shape index (κ1) is 13.7. The molecule has 0 radical (unpaired) electrons. The Labute approximate surface area is 100 Å². The molecular formula is C14H27NO. The summed E-state index contributed by atoms with van der Waals surface area (Å²) in [6.45, 7) is 12.2. The van der Waals surface area contributed by atoms with Gasteiger partial charge >= 0.3 is 0 Å². The Bertz CT molecular complexity index is 219. The van der Waals surface area contributed by atoms with E-state index in [0.717, 1.165) is 19.6 Å². The Morgan fingerprint density at radius 3 is 2.44 bits per heavy atom. The van der Waals surface area contributed by atoms with Crippen LogP contribution in [0.3, 0.4) is 0 Å². The van der Waals surface area contributed by atoms with Crippen LogP contribution in [0.4, 0.5) is 0 Å². The molecule has 2 nitrogen and oxygen atoms in total. The molecule has 1 N–H and O–H groups in total. The minimum atomic E-state index is 0.0731. The van der Waals surface area contributed by atoms with E-state index in [1.54, 1.807) is 0 Å². The van der Waals surface area contributed by atoms with Gasteiger partial charge in [-0.25, -0.2) is 0 Å². The zero-order chi connectivity index (χ0) is 12.0. The molecule has 0 amide bonds. The van der Waals surface area contributed by atoms with Gasteiger partial charge in [-0.15, -0.1) is 6.58 Å². The number of nitrogens with one attached hydrogen (secondary N) is 1. The topological polar surface area (TPSA) is 21.3 Å². The summed E-state index contributed by atoms with van der Waals surface area (Å²) in [6.07, 6.45) is 6.04. The fourth-order valence-corrected chi connectivity index (χ4v) is 2.89. The predicted octanol–water partition coefficient (Wildman–Crippen LogP) is 3.28. The van der Waals surface area contributed by atoms with E-state index in [1.165, 1.54) is 31.3 Å². The standard InChI is InChI=1S/C14H27NO/c1-5-15-13(11-12(3)4)14(16-6-2)9-7-8-10-14/h13,15H,3,5-11H2,1-2,4H3. The number of likely N-dealkylation sites (N-methyl/N-ethyl adjacent to an activating group) is 1. The molecule has 94 valence electrons. The Balaban J connectivity index is 2.73. The average Bonchev–Trinajstić information content (AvgIpc) is 2.67. The molecule has 0 aromatic heterocycles. The summed E-state index contributed by atoms with van der Waals surface area (Å²) in [5.41, 5.74) is 1.32. The van der Waals surface area contributed by atoms with Crippen molar-refractivity contribution in [1.82, 2.24) is 5.32 Å². The van der Waals surface area contributed by atoms with E-state index < -0.39 is 0 Å². The van der Waals surface area contributed by atoms with Crippen molar-refractivity contribution in [2.24, 2.45) is 0 Å². The maximum atomic E-state index is 6.10. The number of hydrogen-bond donors (Lipinski definition) is 1. The summed E-state index contributed by atoms with van der Waals surface area (Å²) >= 11 is 0. The lowest BCUT2D eigenvalue weighted by molar-refractivity contribution is -0.0609. The highest BCUT2D eigenvalue weighted by Crippen LogP contribution is 2.38. The van der Waals surface area contributed by atoms with E-state index in [4.69, 9.17) is 4.74 Å². The second-order valence-corrected chi connectivity index (χ2v) is 4.98. The van der Waals surface area contributed by atoms with Crippen molar-refractivity contribution in [3.05, 3.63) is 12.2 Å². The summed E-state index contributed by atoms with van der Waals surface area (Å²) in [5, 5.41) is 3.60.